The van der Waals surface area contributed by atoms with E-state index >= 15 is 0 Å². The van der Waals surface area contributed by atoms with E-state index < -0.39 is 20.6 Å². The van der Waals surface area contributed by atoms with Gasteiger partial charge in [0.15, 0.2) is 11.3 Å². The van der Waals surface area contributed by atoms with Gasteiger partial charge in [0.1, 0.15) is 22.0 Å². The van der Waals surface area contributed by atoms with Crippen LogP contribution in [-0.2, 0) is 16.3 Å². The molecule has 0 amide bonds. The number of halogens is 2. The van der Waals surface area contributed by atoms with Gasteiger partial charge in [-0.3, -0.25) is 10.1 Å². The molecular weight excluding hydrogens is 547 g/mol. The normalized spacial score (nSPS) is 14.2. The van der Waals surface area contributed by atoms with Crippen LogP contribution in [-0.4, -0.2) is 18.3 Å². The van der Waals surface area contributed by atoms with Crippen LogP contribution in [0.3, 0.4) is 0 Å². The lowest BCUT2D eigenvalue weighted by molar-refractivity contribution is -0.385. The monoisotopic (exact) mass is 562 g/mol. The van der Waals surface area contributed by atoms with Gasteiger partial charge in [0.05, 0.1) is 20.9 Å². The number of para-hydroxylation sites is 2. The Morgan fingerprint density at radius 1 is 0.949 bits per heavy atom. The van der Waals surface area contributed by atoms with Crippen molar-refractivity contribution in [2.24, 2.45) is 0 Å². The molecule has 1 aliphatic heterocycles. The molecule has 0 unspecified atom stereocenters. The van der Waals surface area contributed by atoms with E-state index in [2.05, 4.69) is 4.98 Å². The molecule has 0 spiro atoms. The topological polar surface area (TPSA) is 113 Å². The quantitative estimate of drug-likeness (QED) is 0.168. The molecule has 2 heterocycles. The molecule has 0 saturated carbocycles. The van der Waals surface area contributed by atoms with Crippen molar-refractivity contribution < 1.29 is 26.9 Å². The highest BCUT2D eigenvalue weighted by Crippen LogP contribution is 2.43. The number of nitro benzene ring substituents is 1. The first-order valence-corrected chi connectivity index (χ1v) is 13.4. The molecule has 0 N–H and O–H groups in total. The molecule has 1 aliphatic rings. The number of sulfone groups is 1. The number of ether oxygens (including phenoxy) is 1. The van der Waals surface area contributed by atoms with Gasteiger partial charge in [-0.05, 0) is 54.1 Å². The Labute approximate surface area is 226 Å². The summed E-state index contributed by atoms with van der Waals surface area (Å²) < 4.78 is 53.2. The maximum atomic E-state index is 13.9. The molecule has 4 aromatic carbocycles. The number of rotatable bonds is 5. The van der Waals surface area contributed by atoms with Crippen LogP contribution in [0.5, 0.6) is 5.75 Å². The van der Waals surface area contributed by atoms with Crippen LogP contribution in [0.15, 0.2) is 99.1 Å². The summed E-state index contributed by atoms with van der Waals surface area (Å²) in [5.41, 5.74) is 2.57. The van der Waals surface area contributed by atoms with Crippen molar-refractivity contribution in [3.05, 3.63) is 122 Å². The second kappa shape index (κ2) is 9.33. The van der Waals surface area contributed by atoms with Crippen molar-refractivity contribution in [2.45, 2.75) is 11.3 Å². The van der Waals surface area contributed by atoms with E-state index in [1.54, 1.807) is 24.3 Å². The summed E-state index contributed by atoms with van der Waals surface area (Å²) in [6.45, 7) is 0. The minimum atomic E-state index is -4.16. The Balaban J connectivity index is 1.43. The predicted octanol–water partition coefficient (Wildman–Crippen LogP) is 6.97. The van der Waals surface area contributed by atoms with Gasteiger partial charge in [0.25, 0.3) is 5.69 Å². The summed E-state index contributed by atoms with van der Waals surface area (Å²) in [5.74, 6) is -0.553. The third-order valence-electron chi connectivity index (χ3n) is 6.26. The highest BCUT2D eigenvalue weighted by Gasteiger charge is 2.36. The zero-order valence-electron chi connectivity index (χ0n) is 19.8. The van der Waals surface area contributed by atoms with Crippen LogP contribution in [0, 0.1) is 15.9 Å². The third kappa shape index (κ3) is 4.43. The summed E-state index contributed by atoms with van der Waals surface area (Å²) in [5, 5.41) is 11.1. The van der Waals surface area contributed by atoms with Gasteiger partial charge in [-0.25, -0.2) is 17.8 Å². The Morgan fingerprint density at radius 2 is 1.69 bits per heavy atom. The van der Waals surface area contributed by atoms with Gasteiger partial charge in [-0.2, -0.15) is 0 Å². The standard InChI is InChI=1S/C28H16ClFN2O6S/c29-20-14-18(9-11-21(20)30)27-26(39(35,36)25-12-10-19(32(33)34)15-24(25)37-27)13-16-5-7-17(8-6-16)28-31-22-3-1-2-4-23(22)38-28/h1-12,14-15H,13H2. The highest BCUT2D eigenvalue weighted by molar-refractivity contribution is 7.95. The Hall–Kier alpha value is -4.54. The van der Waals surface area contributed by atoms with Crippen molar-refractivity contribution in [1.29, 1.82) is 0 Å². The van der Waals surface area contributed by atoms with E-state index in [4.69, 9.17) is 20.8 Å². The van der Waals surface area contributed by atoms with E-state index in [0.29, 0.717) is 28.1 Å². The van der Waals surface area contributed by atoms with Crippen LogP contribution < -0.4 is 4.74 Å². The van der Waals surface area contributed by atoms with Crippen molar-refractivity contribution in [3.8, 4) is 17.2 Å². The zero-order valence-corrected chi connectivity index (χ0v) is 21.4. The molecule has 0 aliphatic carbocycles. The maximum absolute atomic E-state index is 13.9. The van der Waals surface area contributed by atoms with Crippen LogP contribution in [0.1, 0.15) is 11.1 Å². The Morgan fingerprint density at radius 3 is 2.41 bits per heavy atom. The maximum Gasteiger partial charge on any atom is 0.273 e. The number of nitrogens with zero attached hydrogens (tertiary/aromatic N) is 2. The first kappa shape index (κ1) is 24.8. The Bertz CT molecular complexity index is 1900. The SMILES string of the molecule is O=[N+]([O-])c1ccc2c(c1)OC(c1ccc(F)c(Cl)c1)=C(Cc1ccc(-c3nc4ccccc4o3)cc1)S2(=O)=O. The van der Waals surface area contributed by atoms with Crippen molar-refractivity contribution in [3.63, 3.8) is 0 Å². The number of oxazole rings is 1. The lowest BCUT2D eigenvalue weighted by Gasteiger charge is -2.24. The van der Waals surface area contributed by atoms with Gasteiger partial charge in [-0.1, -0.05) is 35.9 Å². The number of benzene rings is 4. The van der Waals surface area contributed by atoms with E-state index in [1.165, 1.54) is 12.1 Å². The molecule has 39 heavy (non-hydrogen) atoms. The fraction of sp³-hybridized carbons (Fsp3) is 0.0357. The largest absolute Gasteiger partial charge is 0.454 e. The minimum absolute atomic E-state index is 0.0725. The highest BCUT2D eigenvalue weighted by atomic mass is 35.5. The van der Waals surface area contributed by atoms with Gasteiger partial charge in [-0.15, -0.1) is 0 Å². The lowest BCUT2D eigenvalue weighted by Crippen LogP contribution is -2.19. The third-order valence-corrected chi connectivity index (χ3v) is 8.44. The van der Waals surface area contributed by atoms with Gasteiger partial charge in [0, 0.05) is 23.6 Å². The average Bonchev–Trinajstić information content (AvgIpc) is 3.36. The lowest BCUT2D eigenvalue weighted by atomic mass is 10.1. The molecule has 6 rings (SSSR count). The Kier molecular flexibility index (Phi) is 5.93. The van der Waals surface area contributed by atoms with Gasteiger partial charge in [0.2, 0.25) is 15.7 Å². The van der Waals surface area contributed by atoms with Gasteiger partial charge < -0.3 is 9.15 Å². The van der Waals surface area contributed by atoms with Crippen LogP contribution in [0.4, 0.5) is 10.1 Å². The first-order chi connectivity index (χ1) is 18.7. The summed E-state index contributed by atoms with van der Waals surface area (Å²) in [6, 6.07) is 21.4. The second-order valence-corrected chi connectivity index (χ2v) is 11.1. The summed E-state index contributed by atoms with van der Waals surface area (Å²) in [7, 11) is -4.16. The average molecular weight is 563 g/mol. The molecule has 0 saturated heterocycles. The summed E-state index contributed by atoms with van der Waals surface area (Å²) in [4.78, 5) is 14.8. The van der Waals surface area contributed by atoms with E-state index in [1.807, 2.05) is 24.3 Å². The van der Waals surface area contributed by atoms with Crippen molar-refractivity contribution >= 4 is 44.0 Å². The number of fused-ring (bicyclic) bond motifs is 2. The number of nitro groups is 1. The number of hydrogen-bond donors (Lipinski definition) is 0. The molecule has 0 atom stereocenters. The molecule has 8 nitrogen and oxygen atoms in total. The fourth-order valence-corrected chi connectivity index (χ4v) is 6.13. The van der Waals surface area contributed by atoms with E-state index in [0.717, 1.165) is 24.3 Å². The molecule has 0 radical (unpaired) electrons. The summed E-state index contributed by atoms with van der Waals surface area (Å²) in [6.07, 6.45) is -0.0725. The summed E-state index contributed by atoms with van der Waals surface area (Å²) >= 11 is 5.98. The number of allylic oxidation sites excluding steroid dienone is 1. The molecule has 0 fully saturated rings. The zero-order chi connectivity index (χ0) is 27.3. The minimum Gasteiger partial charge on any atom is -0.454 e. The van der Waals surface area contributed by atoms with Crippen LogP contribution >= 0.6 is 11.6 Å². The predicted molar refractivity (Wildman–Crippen MR) is 142 cm³/mol. The number of non-ortho nitro benzene ring substituents is 1. The molecule has 194 valence electrons. The van der Waals surface area contributed by atoms with Crippen LogP contribution in [0.2, 0.25) is 5.02 Å². The molecule has 1 aromatic heterocycles. The van der Waals surface area contributed by atoms with E-state index in [9.17, 15) is 22.9 Å². The van der Waals surface area contributed by atoms with E-state index in [-0.39, 0.29) is 44.0 Å². The smallest absolute Gasteiger partial charge is 0.273 e. The molecular formula is C28H16ClFN2O6S. The molecule has 11 heteroatoms. The van der Waals surface area contributed by atoms with Crippen molar-refractivity contribution in [1.82, 2.24) is 4.98 Å². The molecule has 5 aromatic rings. The number of aromatic nitrogens is 1. The second-order valence-electron chi connectivity index (χ2n) is 8.74. The van der Waals surface area contributed by atoms with Crippen molar-refractivity contribution in [2.75, 3.05) is 0 Å². The number of hydrogen-bond acceptors (Lipinski definition) is 7. The van der Waals surface area contributed by atoms with Crippen LogP contribution in [0.25, 0.3) is 28.3 Å². The first-order valence-electron chi connectivity index (χ1n) is 11.6. The fourth-order valence-electron chi connectivity index (χ4n) is 4.31. The molecule has 0 bridgehead atoms. The van der Waals surface area contributed by atoms with Gasteiger partial charge >= 0.3 is 0 Å².